The summed E-state index contributed by atoms with van der Waals surface area (Å²) in [5.74, 6) is 1.46. The minimum Gasteiger partial charge on any atom is -0.306 e. The normalized spacial score (nSPS) is 26.9. The van der Waals surface area contributed by atoms with Crippen molar-refractivity contribution in [3.05, 3.63) is 35.6 Å². The molecule has 0 unspecified atom stereocenters. The Hall–Kier alpha value is -0.600. The van der Waals surface area contributed by atoms with Crippen LogP contribution in [-0.4, -0.2) is 30.9 Å². The minimum atomic E-state index is -0.167. The molecular weight excluding hydrogens is 225 g/mol. The van der Waals surface area contributed by atoms with Crippen molar-refractivity contribution in [3.63, 3.8) is 0 Å². The molecule has 0 aliphatic carbocycles. The lowest BCUT2D eigenvalue weighted by atomic mass is 9.81. The van der Waals surface area contributed by atoms with Gasteiger partial charge in [0.25, 0.3) is 0 Å². The van der Waals surface area contributed by atoms with E-state index in [4.69, 9.17) is 11.6 Å². The third kappa shape index (κ3) is 2.55. The Morgan fingerprint density at radius 2 is 2.06 bits per heavy atom. The average Bonchev–Trinajstić information content (AvgIpc) is 2.30. The second-order valence-electron chi connectivity index (χ2n) is 4.62. The molecule has 16 heavy (non-hydrogen) atoms. The third-order valence-electron chi connectivity index (χ3n) is 3.43. The van der Waals surface area contributed by atoms with Crippen LogP contribution >= 0.6 is 11.6 Å². The molecule has 1 aromatic carbocycles. The van der Waals surface area contributed by atoms with Crippen LogP contribution in [0.15, 0.2) is 24.3 Å². The SMILES string of the molecule is CN1CC[C@@H](c2ccc(F)cc2)[C@H](CCl)C1. The number of halogens is 2. The van der Waals surface area contributed by atoms with E-state index in [1.54, 1.807) is 12.1 Å². The smallest absolute Gasteiger partial charge is 0.123 e. The average molecular weight is 242 g/mol. The van der Waals surface area contributed by atoms with Crippen molar-refractivity contribution in [3.8, 4) is 0 Å². The number of piperidine rings is 1. The number of hydrogen-bond donors (Lipinski definition) is 0. The molecule has 1 saturated heterocycles. The molecule has 2 atom stereocenters. The van der Waals surface area contributed by atoms with Gasteiger partial charge in [-0.3, -0.25) is 0 Å². The molecule has 3 heteroatoms. The fraction of sp³-hybridized carbons (Fsp3) is 0.538. The molecule has 0 aromatic heterocycles. The van der Waals surface area contributed by atoms with E-state index in [-0.39, 0.29) is 5.82 Å². The summed E-state index contributed by atoms with van der Waals surface area (Å²) in [5.41, 5.74) is 1.22. The summed E-state index contributed by atoms with van der Waals surface area (Å²) >= 11 is 6.02. The van der Waals surface area contributed by atoms with Crippen LogP contribution in [0.5, 0.6) is 0 Å². The van der Waals surface area contributed by atoms with Crippen molar-refractivity contribution in [1.29, 1.82) is 0 Å². The van der Waals surface area contributed by atoms with Crippen molar-refractivity contribution in [1.82, 2.24) is 4.90 Å². The lowest BCUT2D eigenvalue weighted by Crippen LogP contribution is -2.37. The minimum absolute atomic E-state index is 0.167. The van der Waals surface area contributed by atoms with Gasteiger partial charge in [-0.1, -0.05) is 12.1 Å². The first-order valence-corrected chi connectivity index (χ1v) is 6.24. The van der Waals surface area contributed by atoms with E-state index in [2.05, 4.69) is 11.9 Å². The van der Waals surface area contributed by atoms with Crippen molar-refractivity contribution in [2.75, 3.05) is 26.0 Å². The molecule has 1 aliphatic heterocycles. The fourth-order valence-electron chi connectivity index (χ4n) is 2.52. The first-order chi connectivity index (χ1) is 7.70. The number of benzene rings is 1. The molecule has 1 heterocycles. The van der Waals surface area contributed by atoms with E-state index >= 15 is 0 Å². The molecule has 0 spiro atoms. The van der Waals surface area contributed by atoms with Gasteiger partial charge in [-0.15, -0.1) is 11.6 Å². The molecule has 1 nitrogen and oxygen atoms in total. The lowest BCUT2D eigenvalue weighted by molar-refractivity contribution is 0.197. The summed E-state index contributed by atoms with van der Waals surface area (Å²) in [6, 6.07) is 6.87. The molecule has 0 bridgehead atoms. The summed E-state index contributed by atoms with van der Waals surface area (Å²) < 4.78 is 12.9. The van der Waals surface area contributed by atoms with Crippen molar-refractivity contribution in [2.45, 2.75) is 12.3 Å². The summed E-state index contributed by atoms with van der Waals surface area (Å²) in [5, 5.41) is 0. The Bertz CT molecular complexity index is 338. The van der Waals surface area contributed by atoms with Crippen molar-refractivity contribution < 1.29 is 4.39 Å². The van der Waals surface area contributed by atoms with Gasteiger partial charge in [0.15, 0.2) is 0 Å². The van der Waals surface area contributed by atoms with Gasteiger partial charge in [-0.05, 0) is 49.5 Å². The second kappa shape index (κ2) is 5.15. The van der Waals surface area contributed by atoms with Gasteiger partial charge in [-0.25, -0.2) is 4.39 Å². The second-order valence-corrected chi connectivity index (χ2v) is 4.93. The number of rotatable bonds is 2. The Labute approximate surface area is 101 Å². The fourth-order valence-corrected chi connectivity index (χ4v) is 2.83. The van der Waals surface area contributed by atoms with Crippen LogP contribution in [0.25, 0.3) is 0 Å². The summed E-state index contributed by atoms with van der Waals surface area (Å²) in [4.78, 5) is 2.31. The van der Waals surface area contributed by atoms with Crippen LogP contribution < -0.4 is 0 Å². The van der Waals surface area contributed by atoms with Crippen LogP contribution in [-0.2, 0) is 0 Å². The summed E-state index contributed by atoms with van der Waals surface area (Å²) in [6.45, 7) is 2.13. The van der Waals surface area contributed by atoms with Gasteiger partial charge in [0, 0.05) is 12.4 Å². The third-order valence-corrected chi connectivity index (χ3v) is 3.83. The van der Waals surface area contributed by atoms with Crippen molar-refractivity contribution in [2.24, 2.45) is 5.92 Å². The highest BCUT2D eigenvalue weighted by Crippen LogP contribution is 2.33. The lowest BCUT2D eigenvalue weighted by Gasteiger charge is -2.36. The molecule has 0 N–H and O–H groups in total. The van der Waals surface area contributed by atoms with Crippen LogP contribution in [0.1, 0.15) is 17.9 Å². The molecule has 1 aliphatic rings. The number of likely N-dealkylation sites (tertiary alicyclic amines) is 1. The highest BCUT2D eigenvalue weighted by molar-refractivity contribution is 6.18. The van der Waals surface area contributed by atoms with E-state index in [1.807, 2.05) is 12.1 Å². The Kier molecular flexibility index (Phi) is 3.82. The topological polar surface area (TPSA) is 3.24 Å². The van der Waals surface area contributed by atoms with E-state index < -0.39 is 0 Å². The molecule has 0 amide bonds. The molecule has 1 fully saturated rings. The first-order valence-electron chi connectivity index (χ1n) is 5.70. The summed E-state index contributed by atoms with van der Waals surface area (Å²) in [7, 11) is 2.13. The maximum Gasteiger partial charge on any atom is 0.123 e. The zero-order valence-corrected chi connectivity index (χ0v) is 10.3. The number of alkyl halides is 1. The maximum absolute atomic E-state index is 12.9. The standard InChI is InChI=1S/C13H17ClFN/c1-16-7-6-13(11(8-14)9-16)10-2-4-12(15)5-3-10/h2-5,11,13H,6-9H2,1H3/t11-,13+/m1/s1. The Balaban J connectivity index is 2.15. The highest BCUT2D eigenvalue weighted by Gasteiger charge is 2.28. The predicted octanol–water partition coefficient (Wildman–Crippen LogP) is 3.10. The van der Waals surface area contributed by atoms with Gasteiger partial charge in [-0.2, -0.15) is 0 Å². The Morgan fingerprint density at radius 1 is 1.38 bits per heavy atom. The van der Waals surface area contributed by atoms with Gasteiger partial charge in [0.05, 0.1) is 0 Å². The molecule has 0 radical (unpaired) electrons. The van der Waals surface area contributed by atoms with Gasteiger partial charge < -0.3 is 4.90 Å². The molecular formula is C13H17ClFN. The van der Waals surface area contributed by atoms with Gasteiger partial charge in [0.2, 0.25) is 0 Å². The number of hydrogen-bond acceptors (Lipinski definition) is 1. The largest absolute Gasteiger partial charge is 0.306 e. The zero-order chi connectivity index (χ0) is 11.5. The van der Waals surface area contributed by atoms with Gasteiger partial charge in [0.1, 0.15) is 5.82 Å². The monoisotopic (exact) mass is 241 g/mol. The van der Waals surface area contributed by atoms with Crippen LogP contribution in [0.3, 0.4) is 0 Å². The molecule has 88 valence electrons. The van der Waals surface area contributed by atoms with Crippen LogP contribution in [0, 0.1) is 11.7 Å². The summed E-state index contributed by atoms with van der Waals surface area (Å²) in [6.07, 6.45) is 1.11. The molecule has 0 saturated carbocycles. The van der Waals surface area contributed by atoms with Crippen LogP contribution in [0.4, 0.5) is 4.39 Å². The van der Waals surface area contributed by atoms with E-state index in [9.17, 15) is 4.39 Å². The zero-order valence-electron chi connectivity index (χ0n) is 9.50. The molecule has 1 aromatic rings. The van der Waals surface area contributed by atoms with E-state index in [1.165, 1.54) is 5.56 Å². The maximum atomic E-state index is 12.9. The predicted molar refractivity (Wildman–Crippen MR) is 65.5 cm³/mol. The number of nitrogens with zero attached hydrogens (tertiary/aromatic N) is 1. The van der Waals surface area contributed by atoms with Crippen molar-refractivity contribution >= 4 is 11.6 Å². The van der Waals surface area contributed by atoms with E-state index in [0.29, 0.717) is 17.7 Å². The molecule has 2 rings (SSSR count). The van der Waals surface area contributed by atoms with Gasteiger partial charge >= 0.3 is 0 Å². The highest BCUT2D eigenvalue weighted by atomic mass is 35.5. The van der Waals surface area contributed by atoms with E-state index in [0.717, 1.165) is 19.5 Å². The Morgan fingerprint density at radius 3 is 2.69 bits per heavy atom. The first kappa shape index (κ1) is 11.9. The van der Waals surface area contributed by atoms with Crippen LogP contribution in [0.2, 0.25) is 0 Å². The quantitative estimate of drug-likeness (QED) is 0.720.